The average Bonchev–Trinajstić information content (AvgIpc) is 2.51. The first-order chi connectivity index (χ1) is 11.7. The molecule has 1 N–H and O–H groups in total. The predicted octanol–water partition coefficient (Wildman–Crippen LogP) is 4.01. The van der Waals surface area contributed by atoms with Crippen LogP contribution >= 0.6 is 0 Å². The van der Waals surface area contributed by atoms with Gasteiger partial charge in [-0.1, -0.05) is 18.2 Å². The second-order valence-corrected chi connectivity index (χ2v) is 5.57. The van der Waals surface area contributed by atoms with Gasteiger partial charge in [0.1, 0.15) is 6.54 Å². The molecule has 0 aliphatic rings. The summed E-state index contributed by atoms with van der Waals surface area (Å²) in [5.41, 5.74) is 0.633. The molecule has 2 amide bonds. The van der Waals surface area contributed by atoms with Crippen LogP contribution in [-0.4, -0.2) is 18.4 Å². The van der Waals surface area contributed by atoms with Gasteiger partial charge in [-0.2, -0.15) is 13.2 Å². The van der Waals surface area contributed by atoms with Gasteiger partial charge in [0.2, 0.25) is 11.8 Å². The molecule has 0 saturated carbocycles. The first-order valence-electron chi connectivity index (χ1n) is 7.48. The molecule has 0 bridgehead atoms. The molecule has 132 valence electrons. The summed E-state index contributed by atoms with van der Waals surface area (Å²) in [5.74, 6) is -0.930. The molecular weight excluding hydrogens is 333 g/mol. The van der Waals surface area contributed by atoms with Crippen molar-refractivity contribution >= 4 is 23.2 Å². The van der Waals surface area contributed by atoms with Crippen molar-refractivity contribution in [2.75, 3.05) is 16.8 Å². The molecule has 7 heteroatoms. The number of carbonyl (C=O) groups is 2. The van der Waals surface area contributed by atoms with E-state index in [9.17, 15) is 22.8 Å². The number of carbonyl (C=O) groups excluding carboxylic acids is 2. The number of amides is 2. The van der Waals surface area contributed by atoms with Crippen LogP contribution in [0.25, 0.3) is 0 Å². The van der Waals surface area contributed by atoms with Crippen LogP contribution in [0.4, 0.5) is 24.5 Å². The van der Waals surface area contributed by atoms with E-state index in [1.165, 1.54) is 24.0 Å². The SMILES string of the molecule is CC(=O)N(CC(=O)Nc1cccc(C(F)(F)F)c1)c1cccc(C)c1. The molecule has 0 fully saturated rings. The Bertz CT molecular complexity index is 788. The van der Waals surface area contributed by atoms with Crippen molar-refractivity contribution in [3.05, 3.63) is 59.7 Å². The summed E-state index contributed by atoms with van der Waals surface area (Å²) in [5, 5.41) is 2.39. The fourth-order valence-electron chi connectivity index (χ4n) is 2.30. The van der Waals surface area contributed by atoms with Gasteiger partial charge in [0, 0.05) is 18.3 Å². The van der Waals surface area contributed by atoms with Gasteiger partial charge in [0.15, 0.2) is 0 Å². The van der Waals surface area contributed by atoms with E-state index in [2.05, 4.69) is 5.32 Å². The summed E-state index contributed by atoms with van der Waals surface area (Å²) < 4.78 is 38.1. The van der Waals surface area contributed by atoms with Gasteiger partial charge in [-0.25, -0.2) is 0 Å². The molecule has 0 spiro atoms. The van der Waals surface area contributed by atoms with Gasteiger partial charge in [-0.05, 0) is 42.8 Å². The van der Waals surface area contributed by atoms with Gasteiger partial charge >= 0.3 is 6.18 Å². The van der Waals surface area contributed by atoms with Gasteiger partial charge in [0.25, 0.3) is 0 Å². The smallest absolute Gasteiger partial charge is 0.325 e. The average molecular weight is 350 g/mol. The maximum atomic E-state index is 12.7. The van der Waals surface area contributed by atoms with Gasteiger partial charge < -0.3 is 10.2 Å². The molecule has 0 saturated heterocycles. The number of alkyl halides is 3. The Balaban J connectivity index is 2.14. The lowest BCUT2D eigenvalue weighted by Crippen LogP contribution is -2.36. The summed E-state index contributed by atoms with van der Waals surface area (Å²) in [6.45, 7) is 2.87. The largest absolute Gasteiger partial charge is 0.416 e. The maximum Gasteiger partial charge on any atom is 0.416 e. The van der Waals surface area contributed by atoms with Crippen LogP contribution in [-0.2, 0) is 15.8 Å². The minimum Gasteiger partial charge on any atom is -0.325 e. The van der Waals surface area contributed by atoms with Crippen molar-refractivity contribution in [1.29, 1.82) is 0 Å². The molecule has 0 atom stereocenters. The highest BCUT2D eigenvalue weighted by Gasteiger charge is 2.30. The number of benzene rings is 2. The molecule has 0 heterocycles. The number of nitrogens with zero attached hydrogens (tertiary/aromatic N) is 1. The highest BCUT2D eigenvalue weighted by molar-refractivity contribution is 6.01. The molecule has 0 aromatic heterocycles. The Labute approximate surface area is 143 Å². The lowest BCUT2D eigenvalue weighted by molar-refractivity contribution is -0.137. The highest BCUT2D eigenvalue weighted by Crippen LogP contribution is 2.30. The Kier molecular flexibility index (Phi) is 5.46. The number of hydrogen-bond donors (Lipinski definition) is 1. The van der Waals surface area contributed by atoms with E-state index in [0.29, 0.717) is 5.69 Å². The number of nitrogens with one attached hydrogen (secondary N) is 1. The third-order valence-corrected chi connectivity index (χ3v) is 3.47. The molecule has 0 aliphatic heterocycles. The van der Waals surface area contributed by atoms with Crippen molar-refractivity contribution in [1.82, 2.24) is 0 Å². The summed E-state index contributed by atoms with van der Waals surface area (Å²) >= 11 is 0. The summed E-state index contributed by atoms with van der Waals surface area (Å²) in [7, 11) is 0. The zero-order valence-electron chi connectivity index (χ0n) is 13.7. The monoisotopic (exact) mass is 350 g/mol. The molecule has 25 heavy (non-hydrogen) atoms. The molecule has 0 unspecified atom stereocenters. The number of rotatable bonds is 4. The normalized spacial score (nSPS) is 11.1. The quantitative estimate of drug-likeness (QED) is 0.906. The zero-order chi connectivity index (χ0) is 18.6. The summed E-state index contributed by atoms with van der Waals surface area (Å²) in [6.07, 6.45) is -4.49. The third kappa shape index (κ3) is 5.07. The molecule has 2 aromatic rings. The molecule has 0 radical (unpaired) electrons. The number of halogens is 3. The number of hydrogen-bond acceptors (Lipinski definition) is 2. The van der Waals surface area contributed by atoms with Crippen LogP contribution in [0.2, 0.25) is 0 Å². The Morgan fingerprint density at radius 2 is 1.76 bits per heavy atom. The first-order valence-corrected chi connectivity index (χ1v) is 7.48. The van der Waals surface area contributed by atoms with Crippen LogP contribution in [0.5, 0.6) is 0 Å². The van der Waals surface area contributed by atoms with Crippen molar-refractivity contribution in [3.8, 4) is 0 Å². The third-order valence-electron chi connectivity index (χ3n) is 3.47. The molecule has 4 nitrogen and oxygen atoms in total. The van der Waals surface area contributed by atoms with Gasteiger partial charge in [-0.15, -0.1) is 0 Å². The number of anilines is 2. The van der Waals surface area contributed by atoms with E-state index in [4.69, 9.17) is 0 Å². The van der Waals surface area contributed by atoms with Gasteiger partial charge in [0.05, 0.1) is 5.56 Å². The van der Waals surface area contributed by atoms with Crippen LogP contribution in [0.15, 0.2) is 48.5 Å². The Morgan fingerprint density at radius 3 is 2.36 bits per heavy atom. The van der Waals surface area contributed by atoms with Crippen LogP contribution in [0, 0.1) is 6.92 Å². The maximum absolute atomic E-state index is 12.7. The summed E-state index contributed by atoms with van der Waals surface area (Å²) in [4.78, 5) is 25.2. The lowest BCUT2D eigenvalue weighted by Gasteiger charge is -2.21. The standard InChI is InChI=1S/C18H17F3N2O2/c1-12-5-3-8-16(9-12)23(13(2)24)11-17(25)22-15-7-4-6-14(10-15)18(19,20)21/h3-10H,11H2,1-2H3,(H,22,25). The van der Waals surface area contributed by atoms with E-state index >= 15 is 0 Å². The fourth-order valence-corrected chi connectivity index (χ4v) is 2.30. The molecule has 2 aromatic carbocycles. The topological polar surface area (TPSA) is 49.4 Å². The van der Waals surface area contributed by atoms with E-state index in [1.54, 1.807) is 18.2 Å². The second-order valence-electron chi connectivity index (χ2n) is 5.57. The number of aryl methyl sites for hydroxylation is 1. The van der Waals surface area contributed by atoms with Crippen molar-refractivity contribution in [3.63, 3.8) is 0 Å². The second kappa shape index (κ2) is 7.38. The van der Waals surface area contributed by atoms with Crippen LogP contribution in [0.1, 0.15) is 18.1 Å². The highest BCUT2D eigenvalue weighted by atomic mass is 19.4. The van der Waals surface area contributed by atoms with Crippen molar-refractivity contribution in [2.24, 2.45) is 0 Å². The van der Waals surface area contributed by atoms with Crippen molar-refractivity contribution < 1.29 is 22.8 Å². The van der Waals surface area contributed by atoms with E-state index < -0.39 is 17.6 Å². The van der Waals surface area contributed by atoms with Crippen LogP contribution in [0.3, 0.4) is 0 Å². The predicted molar refractivity (Wildman–Crippen MR) is 89.3 cm³/mol. The van der Waals surface area contributed by atoms with Gasteiger partial charge in [-0.3, -0.25) is 9.59 Å². The molecule has 0 aliphatic carbocycles. The zero-order valence-corrected chi connectivity index (χ0v) is 13.7. The molecular formula is C18H17F3N2O2. The molecule has 2 rings (SSSR count). The van der Waals surface area contributed by atoms with E-state index in [0.717, 1.165) is 17.7 Å². The van der Waals surface area contributed by atoms with E-state index in [1.807, 2.05) is 13.0 Å². The van der Waals surface area contributed by atoms with E-state index in [-0.39, 0.29) is 18.1 Å². The first kappa shape index (κ1) is 18.5. The summed E-state index contributed by atoms with van der Waals surface area (Å²) in [6, 6.07) is 11.4. The lowest BCUT2D eigenvalue weighted by atomic mass is 10.2. The van der Waals surface area contributed by atoms with Crippen LogP contribution < -0.4 is 10.2 Å². The Morgan fingerprint density at radius 1 is 1.08 bits per heavy atom. The van der Waals surface area contributed by atoms with Crippen molar-refractivity contribution in [2.45, 2.75) is 20.0 Å². The minimum absolute atomic E-state index is 0.0209. The Hall–Kier alpha value is -2.83. The fraction of sp³-hybridized carbons (Fsp3) is 0.222. The minimum atomic E-state index is -4.49.